The van der Waals surface area contributed by atoms with Crippen LogP contribution in [0.5, 0.6) is 0 Å². The zero-order valence-electron chi connectivity index (χ0n) is 35.0. The minimum atomic E-state index is -0.323. The lowest BCUT2D eigenvalue weighted by atomic mass is 9.74. The van der Waals surface area contributed by atoms with Crippen molar-refractivity contribution in [3.63, 3.8) is 0 Å². The number of benzene rings is 9. The second-order valence-corrected chi connectivity index (χ2v) is 18.6. The Kier molecular flexibility index (Phi) is 8.97. The van der Waals surface area contributed by atoms with Crippen LogP contribution in [0.4, 0.5) is 17.1 Å². The van der Waals surface area contributed by atoms with Crippen molar-refractivity contribution in [2.75, 3.05) is 4.90 Å². The molecular weight excluding hydrogens is 767 g/mol. The van der Waals surface area contributed by atoms with Gasteiger partial charge in [-0.25, -0.2) is 0 Å². The predicted octanol–water partition coefficient (Wildman–Crippen LogP) is 17.4. The Morgan fingerprint density at radius 1 is 0.468 bits per heavy atom. The quantitative estimate of drug-likeness (QED) is 0.155. The van der Waals surface area contributed by atoms with Crippen molar-refractivity contribution in [2.24, 2.45) is 0 Å². The third kappa shape index (κ3) is 5.88. The van der Waals surface area contributed by atoms with Gasteiger partial charge < -0.3 is 4.90 Å². The highest BCUT2D eigenvalue weighted by atomic mass is 32.1. The van der Waals surface area contributed by atoms with E-state index in [1.807, 2.05) is 11.3 Å². The Hall–Kier alpha value is -6.74. The maximum absolute atomic E-state index is 2.54. The molecule has 10 aromatic rings. The smallest absolute Gasteiger partial charge is 0.0540 e. The minimum Gasteiger partial charge on any atom is -0.310 e. The molecule has 1 atom stereocenters. The monoisotopic (exact) mass is 813 g/mol. The highest BCUT2D eigenvalue weighted by molar-refractivity contribution is 7.25. The summed E-state index contributed by atoms with van der Waals surface area (Å²) < 4.78 is 2.64. The van der Waals surface area contributed by atoms with Crippen LogP contribution in [0.1, 0.15) is 67.2 Å². The number of hydrogen-bond donors (Lipinski definition) is 0. The lowest BCUT2D eigenvalue weighted by Gasteiger charge is -2.32. The maximum Gasteiger partial charge on any atom is 0.0540 e. The first-order valence-electron chi connectivity index (χ1n) is 22.4. The van der Waals surface area contributed by atoms with E-state index in [-0.39, 0.29) is 5.41 Å². The minimum absolute atomic E-state index is 0.323. The molecule has 0 saturated heterocycles. The number of thiophene rings is 1. The molecule has 298 valence electrons. The molecule has 0 aliphatic heterocycles. The van der Waals surface area contributed by atoms with Crippen molar-refractivity contribution in [3.05, 3.63) is 222 Å². The van der Waals surface area contributed by atoms with E-state index in [1.54, 1.807) is 0 Å². The summed E-state index contributed by atoms with van der Waals surface area (Å²) in [5.41, 5.74) is 16.3. The SMILES string of the molecule is CC1(c2ccccc2)c2ccccc2-c2ccc(N(c3cccc(-c4cccc5sc6ccccc6c45)c3)c3ccccc3-c3cccc4cccc(C5CCCCC5)c34)cc21. The van der Waals surface area contributed by atoms with E-state index in [4.69, 9.17) is 0 Å². The van der Waals surface area contributed by atoms with Gasteiger partial charge in [-0.3, -0.25) is 0 Å². The molecule has 1 nitrogen and oxygen atoms in total. The number of anilines is 3. The van der Waals surface area contributed by atoms with E-state index in [9.17, 15) is 0 Å². The molecular formula is C60H47NS. The van der Waals surface area contributed by atoms with Crippen LogP contribution >= 0.6 is 11.3 Å². The van der Waals surface area contributed by atoms with Crippen LogP contribution in [-0.4, -0.2) is 0 Å². The molecule has 1 fully saturated rings. The summed E-state index contributed by atoms with van der Waals surface area (Å²) in [5.74, 6) is 0.582. The van der Waals surface area contributed by atoms with Crippen molar-refractivity contribution in [1.82, 2.24) is 0 Å². The van der Waals surface area contributed by atoms with E-state index in [0.717, 1.165) is 11.4 Å². The third-order valence-corrected chi connectivity index (χ3v) is 15.3. The topological polar surface area (TPSA) is 3.24 Å². The summed E-state index contributed by atoms with van der Waals surface area (Å²) in [5, 5.41) is 5.37. The van der Waals surface area contributed by atoms with Crippen LogP contribution in [0.2, 0.25) is 0 Å². The van der Waals surface area contributed by atoms with E-state index < -0.39 is 0 Å². The fourth-order valence-electron chi connectivity index (χ4n) is 11.2. The molecule has 2 aliphatic rings. The summed E-state index contributed by atoms with van der Waals surface area (Å²) in [7, 11) is 0. The second kappa shape index (κ2) is 15.0. The molecule has 1 aromatic heterocycles. The first kappa shape index (κ1) is 37.1. The van der Waals surface area contributed by atoms with Crippen molar-refractivity contribution < 1.29 is 0 Å². The highest BCUT2D eigenvalue weighted by Gasteiger charge is 2.41. The van der Waals surface area contributed by atoms with Crippen molar-refractivity contribution in [2.45, 2.75) is 50.4 Å². The Labute approximate surface area is 368 Å². The first-order valence-corrected chi connectivity index (χ1v) is 23.2. The van der Waals surface area contributed by atoms with Gasteiger partial charge in [-0.1, -0.05) is 177 Å². The van der Waals surface area contributed by atoms with Crippen LogP contribution in [0.3, 0.4) is 0 Å². The summed E-state index contributed by atoms with van der Waals surface area (Å²) in [4.78, 5) is 2.54. The second-order valence-electron chi connectivity index (χ2n) is 17.5. The molecule has 0 amide bonds. The van der Waals surface area contributed by atoms with Crippen LogP contribution < -0.4 is 4.90 Å². The Balaban J connectivity index is 1.11. The molecule has 0 radical (unpaired) electrons. The summed E-state index contributed by atoms with van der Waals surface area (Å²) in [6.07, 6.45) is 6.49. The van der Waals surface area contributed by atoms with Gasteiger partial charge in [0.2, 0.25) is 0 Å². The van der Waals surface area contributed by atoms with Crippen molar-refractivity contribution >= 4 is 59.3 Å². The predicted molar refractivity (Wildman–Crippen MR) is 266 cm³/mol. The molecule has 9 aromatic carbocycles. The van der Waals surface area contributed by atoms with Gasteiger partial charge in [0, 0.05) is 42.5 Å². The maximum atomic E-state index is 2.54. The Morgan fingerprint density at radius 2 is 1.13 bits per heavy atom. The number of rotatable bonds is 7. The number of hydrogen-bond acceptors (Lipinski definition) is 2. The highest BCUT2D eigenvalue weighted by Crippen LogP contribution is 2.55. The van der Waals surface area contributed by atoms with E-state index in [0.29, 0.717) is 5.92 Å². The molecule has 62 heavy (non-hydrogen) atoms. The first-order chi connectivity index (χ1) is 30.6. The van der Waals surface area contributed by atoms with Crippen LogP contribution in [-0.2, 0) is 5.41 Å². The van der Waals surface area contributed by atoms with E-state index in [1.165, 1.54) is 124 Å². The fraction of sp³-hybridized carbons (Fsp3) is 0.133. The van der Waals surface area contributed by atoms with Crippen LogP contribution in [0.25, 0.3) is 64.3 Å². The van der Waals surface area contributed by atoms with E-state index >= 15 is 0 Å². The Bertz CT molecular complexity index is 3310. The average molecular weight is 814 g/mol. The lowest BCUT2D eigenvalue weighted by Crippen LogP contribution is -2.23. The summed E-state index contributed by atoms with van der Waals surface area (Å²) >= 11 is 1.88. The molecule has 0 spiro atoms. The van der Waals surface area contributed by atoms with E-state index in [2.05, 4.69) is 212 Å². The largest absolute Gasteiger partial charge is 0.310 e. The summed E-state index contributed by atoms with van der Waals surface area (Å²) in [6, 6.07) is 75.4. The molecule has 0 bridgehead atoms. The molecule has 0 N–H and O–H groups in total. The van der Waals surface area contributed by atoms with Gasteiger partial charge in [-0.2, -0.15) is 0 Å². The third-order valence-electron chi connectivity index (χ3n) is 14.1. The number of para-hydroxylation sites is 1. The number of fused-ring (bicyclic) bond motifs is 7. The average Bonchev–Trinajstić information content (AvgIpc) is 3.85. The lowest BCUT2D eigenvalue weighted by molar-refractivity contribution is 0.445. The molecule has 12 rings (SSSR count). The standard InChI is InChI=1S/C60H47NS/c1-60(43-23-6-3-7-24-43)53-32-11-8-26-48(53)49-37-36-45(39-54(49)60)61(44-25-14-22-42(38-44)47-30-17-35-57-59(47)52-28-10-13-34-56(52)62-57)55-33-12-9-27-50(55)51-31-16-21-41-20-15-29-46(58(41)51)40-18-4-2-5-19-40/h3,6-17,20-40H,2,4-5,18-19H2,1H3. The van der Waals surface area contributed by atoms with Gasteiger partial charge in [0.15, 0.2) is 0 Å². The van der Waals surface area contributed by atoms with Gasteiger partial charge in [0.05, 0.1) is 5.69 Å². The molecule has 2 heteroatoms. The van der Waals surface area contributed by atoms with Gasteiger partial charge in [-0.15, -0.1) is 11.3 Å². The van der Waals surface area contributed by atoms with Gasteiger partial charge in [-0.05, 0) is 129 Å². The summed E-state index contributed by atoms with van der Waals surface area (Å²) in [6.45, 7) is 2.42. The normalized spacial score (nSPS) is 16.1. The van der Waals surface area contributed by atoms with Crippen molar-refractivity contribution in [1.29, 1.82) is 0 Å². The fourth-order valence-corrected chi connectivity index (χ4v) is 12.3. The van der Waals surface area contributed by atoms with Gasteiger partial charge in [0.25, 0.3) is 0 Å². The Morgan fingerprint density at radius 3 is 2.02 bits per heavy atom. The zero-order valence-corrected chi connectivity index (χ0v) is 35.8. The molecule has 1 unspecified atom stereocenters. The van der Waals surface area contributed by atoms with Crippen molar-refractivity contribution in [3.8, 4) is 33.4 Å². The number of nitrogens with zero attached hydrogens (tertiary/aromatic N) is 1. The molecule has 2 aliphatic carbocycles. The molecule has 1 heterocycles. The zero-order chi connectivity index (χ0) is 41.2. The van der Waals surface area contributed by atoms with Gasteiger partial charge >= 0.3 is 0 Å². The van der Waals surface area contributed by atoms with Crippen LogP contribution in [0.15, 0.2) is 200 Å². The van der Waals surface area contributed by atoms with Crippen LogP contribution in [0, 0.1) is 0 Å². The van der Waals surface area contributed by atoms with Gasteiger partial charge in [0.1, 0.15) is 0 Å². The molecule has 1 saturated carbocycles.